The number of methoxy groups -OCH3 is 1. The van der Waals surface area contributed by atoms with Gasteiger partial charge in [0.25, 0.3) is 10.0 Å². The largest absolute Gasteiger partial charge is 0.497 e. The highest BCUT2D eigenvalue weighted by Gasteiger charge is 2.32. The van der Waals surface area contributed by atoms with Gasteiger partial charge >= 0.3 is 0 Å². The molecule has 10 heteroatoms. The monoisotopic (exact) mass is 555 g/mol. The molecular weight excluding hydrogens is 522 g/mol. The van der Waals surface area contributed by atoms with Crippen molar-refractivity contribution in [3.8, 4) is 11.5 Å². The van der Waals surface area contributed by atoms with Crippen molar-refractivity contribution in [3.05, 3.63) is 72.8 Å². The molecule has 1 aliphatic heterocycles. The van der Waals surface area contributed by atoms with Crippen LogP contribution in [0.4, 0.5) is 11.4 Å². The van der Waals surface area contributed by atoms with Crippen LogP contribution in [-0.2, 0) is 14.8 Å². The van der Waals surface area contributed by atoms with Gasteiger partial charge in [0.2, 0.25) is 5.91 Å². The summed E-state index contributed by atoms with van der Waals surface area (Å²) in [5, 5.41) is 0. The highest BCUT2D eigenvalue weighted by atomic mass is 32.2. The first-order chi connectivity index (χ1) is 18.4. The van der Waals surface area contributed by atoms with Gasteiger partial charge in [-0.05, 0) is 73.8 Å². The maximum absolute atomic E-state index is 13.9. The van der Waals surface area contributed by atoms with Crippen molar-refractivity contribution < 1.29 is 22.7 Å². The number of carbonyl (C=O) groups excluding carboxylic acids is 1. The van der Waals surface area contributed by atoms with E-state index < -0.39 is 10.0 Å². The number of ether oxygens (including phenoxy) is 2. The number of carbonyl (C=O) groups is 1. The fourth-order valence-electron chi connectivity index (χ4n) is 4.35. The zero-order valence-electron chi connectivity index (χ0n) is 21.9. The standard InChI is InChI=1S/C28H33N3O5S2/c1-4-36-27-8-6-5-7-26(27)31(38(33,34)25-15-13-24(37-3)14-16-25)21-28(32)30-19-17-29(18-20-30)22-9-11-23(35-2)12-10-22/h5-16H,4,17-21H2,1-3H3. The molecule has 0 saturated carbocycles. The minimum atomic E-state index is -4.04. The van der Waals surface area contributed by atoms with Crippen LogP contribution >= 0.6 is 11.8 Å². The predicted molar refractivity (Wildman–Crippen MR) is 152 cm³/mol. The number of rotatable bonds is 10. The van der Waals surface area contributed by atoms with Crippen molar-refractivity contribution >= 4 is 39.1 Å². The molecule has 0 unspecified atom stereocenters. The highest BCUT2D eigenvalue weighted by Crippen LogP contribution is 2.33. The second-order valence-corrected chi connectivity index (χ2v) is 11.4. The van der Waals surface area contributed by atoms with Gasteiger partial charge in [0.15, 0.2) is 0 Å². The minimum absolute atomic E-state index is 0.124. The third kappa shape index (κ3) is 6.19. The van der Waals surface area contributed by atoms with Gasteiger partial charge in [0.05, 0.1) is 24.3 Å². The zero-order chi connectivity index (χ0) is 27.1. The average molecular weight is 556 g/mol. The van der Waals surface area contributed by atoms with Crippen molar-refractivity contribution in [1.29, 1.82) is 0 Å². The molecule has 1 saturated heterocycles. The molecule has 0 aliphatic carbocycles. The normalized spacial score (nSPS) is 13.8. The van der Waals surface area contributed by atoms with Crippen LogP contribution < -0.4 is 18.7 Å². The third-order valence-electron chi connectivity index (χ3n) is 6.43. The summed E-state index contributed by atoms with van der Waals surface area (Å²) in [5.74, 6) is 0.950. The van der Waals surface area contributed by atoms with Gasteiger partial charge in [-0.1, -0.05) is 12.1 Å². The first kappa shape index (κ1) is 27.7. The number of sulfonamides is 1. The van der Waals surface area contributed by atoms with Crippen LogP contribution in [0.2, 0.25) is 0 Å². The molecule has 3 aromatic carbocycles. The van der Waals surface area contributed by atoms with Crippen LogP contribution in [0, 0.1) is 0 Å². The number of hydrogen-bond donors (Lipinski definition) is 0. The summed E-state index contributed by atoms with van der Waals surface area (Å²) in [6, 6.07) is 21.4. The molecule has 1 fully saturated rings. The lowest BCUT2D eigenvalue weighted by Crippen LogP contribution is -2.52. The topological polar surface area (TPSA) is 79.4 Å². The van der Waals surface area contributed by atoms with Gasteiger partial charge in [-0.3, -0.25) is 9.10 Å². The molecule has 0 radical (unpaired) electrons. The van der Waals surface area contributed by atoms with Crippen molar-refractivity contribution in [1.82, 2.24) is 4.90 Å². The summed E-state index contributed by atoms with van der Waals surface area (Å²) in [6.45, 7) is 4.17. The quantitative estimate of drug-likeness (QED) is 0.344. The van der Waals surface area contributed by atoms with Crippen molar-refractivity contribution in [2.45, 2.75) is 16.7 Å². The van der Waals surface area contributed by atoms with E-state index in [1.165, 1.54) is 16.1 Å². The van der Waals surface area contributed by atoms with E-state index in [9.17, 15) is 13.2 Å². The third-order valence-corrected chi connectivity index (χ3v) is 8.95. The Balaban J connectivity index is 1.56. The average Bonchev–Trinajstić information content (AvgIpc) is 2.96. The van der Waals surface area contributed by atoms with Gasteiger partial charge in [-0.25, -0.2) is 8.42 Å². The number of thioether (sulfide) groups is 1. The molecule has 0 atom stereocenters. The van der Waals surface area contributed by atoms with Gasteiger partial charge in [0, 0.05) is 36.8 Å². The van der Waals surface area contributed by atoms with Crippen molar-refractivity contribution in [3.63, 3.8) is 0 Å². The Morgan fingerprint density at radius 2 is 1.61 bits per heavy atom. The number of amides is 1. The smallest absolute Gasteiger partial charge is 0.264 e. The van der Waals surface area contributed by atoms with Gasteiger partial charge in [-0.15, -0.1) is 11.8 Å². The maximum atomic E-state index is 13.9. The van der Waals surface area contributed by atoms with Crippen LogP contribution in [0.3, 0.4) is 0 Å². The first-order valence-corrected chi connectivity index (χ1v) is 15.1. The first-order valence-electron chi connectivity index (χ1n) is 12.4. The molecule has 1 heterocycles. The zero-order valence-corrected chi connectivity index (χ0v) is 23.5. The SMILES string of the molecule is CCOc1ccccc1N(CC(=O)N1CCN(c2ccc(OC)cc2)CC1)S(=O)(=O)c1ccc(SC)cc1. The molecule has 0 aromatic heterocycles. The number of para-hydroxylation sites is 2. The lowest BCUT2D eigenvalue weighted by Gasteiger charge is -2.37. The van der Waals surface area contributed by atoms with Gasteiger partial charge in [-0.2, -0.15) is 0 Å². The molecule has 0 N–H and O–H groups in total. The molecule has 8 nitrogen and oxygen atoms in total. The number of anilines is 2. The van der Waals surface area contributed by atoms with Gasteiger partial charge < -0.3 is 19.3 Å². The Morgan fingerprint density at radius 3 is 2.21 bits per heavy atom. The molecule has 0 bridgehead atoms. The van der Waals surface area contributed by atoms with E-state index in [-0.39, 0.29) is 17.3 Å². The molecule has 3 aromatic rings. The van der Waals surface area contributed by atoms with E-state index in [1.54, 1.807) is 60.5 Å². The second kappa shape index (κ2) is 12.4. The van der Waals surface area contributed by atoms with E-state index in [1.807, 2.05) is 37.4 Å². The van der Waals surface area contributed by atoms with Crippen LogP contribution in [0.1, 0.15) is 6.92 Å². The van der Waals surface area contributed by atoms with Crippen LogP contribution in [0.25, 0.3) is 0 Å². The lowest BCUT2D eigenvalue weighted by molar-refractivity contribution is -0.129. The predicted octanol–water partition coefficient (Wildman–Crippen LogP) is 4.36. The molecule has 4 rings (SSSR count). The lowest BCUT2D eigenvalue weighted by atomic mass is 10.2. The summed E-state index contributed by atoms with van der Waals surface area (Å²) < 4.78 is 39.9. The Bertz CT molecular complexity index is 1320. The Hall–Kier alpha value is -3.37. The second-order valence-electron chi connectivity index (χ2n) is 8.65. The Kier molecular flexibility index (Phi) is 9.06. The summed E-state index contributed by atoms with van der Waals surface area (Å²) in [4.78, 5) is 18.5. The van der Waals surface area contributed by atoms with Crippen LogP contribution in [0.15, 0.2) is 82.6 Å². The number of hydrogen-bond acceptors (Lipinski definition) is 7. The fourth-order valence-corrected chi connectivity index (χ4v) is 6.18. The molecule has 202 valence electrons. The number of nitrogens with zero attached hydrogens (tertiary/aromatic N) is 3. The molecule has 38 heavy (non-hydrogen) atoms. The van der Waals surface area contributed by atoms with E-state index in [0.29, 0.717) is 44.2 Å². The highest BCUT2D eigenvalue weighted by molar-refractivity contribution is 7.98. The summed E-state index contributed by atoms with van der Waals surface area (Å²) in [6.07, 6.45) is 1.93. The summed E-state index contributed by atoms with van der Waals surface area (Å²) in [5.41, 5.74) is 1.40. The number of piperazine rings is 1. The van der Waals surface area contributed by atoms with Crippen LogP contribution in [0.5, 0.6) is 11.5 Å². The Labute approximate surface area is 229 Å². The van der Waals surface area contributed by atoms with E-state index in [2.05, 4.69) is 4.90 Å². The minimum Gasteiger partial charge on any atom is -0.497 e. The fraction of sp³-hybridized carbons (Fsp3) is 0.321. The van der Waals surface area contributed by atoms with Gasteiger partial charge in [0.1, 0.15) is 18.0 Å². The maximum Gasteiger partial charge on any atom is 0.264 e. The van der Waals surface area contributed by atoms with Crippen molar-refractivity contribution in [2.24, 2.45) is 0 Å². The van der Waals surface area contributed by atoms with E-state index in [4.69, 9.17) is 9.47 Å². The van der Waals surface area contributed by atoms with Crippen LogP contribution in [-0.4, -0.2) is 71.9 Å². The Morgan fingerprint density at radius 1 is 0.947 bits per heavy atom. The van der Waals surface area contributed by atoms with Crippen molar-refractivity contribution in [2.75, 3.05) is 61.9 Å². The molecule has 1 aliphatic rings. The molecular formula is C28H33N3O5S2. The summed E-state index contributed by atoms with van der Waals surface area (Å²) >= 11 is 1.53. The molecule has 0 spiro atoms. The molecule has 1 amide bonds. The summed E-state index contributed by atoms with van der Waals surface area (Å²) in [7, 11) is -2.41. The van der Waals surface area contributed by atoms with E-state index >= 15 is 0 Å². The van der Waals surface area contributed by atoms with E-state index in [0.717, 1.165) is 16.3 Å². The number of benzene rings is 3.